The highest BCUT2D eigenvalue weighted by Gasteiger charge is 2.31. The smallest absolute Gasteiger partial charge is 0.326 e. The van der Waals surface area contributed by atoms with E-state index in [0.717, 1.165) is 0 Å². The molecule has 4 amide bonds. The molecule has 4 unspecified atom stereocenters. The number of benzene rings is 1. The van der Waals surface area contributed by atoms with Crippen LogP contribution in [0.5, 0.6) is 5.75 Å². The van der Waals surface area contributed by atoms with Gasteiger partial charge in [-0.3, -0.25) is 24.0 Å². The van der Waals surface area contributed by atoms with Gasteiger partial charge in [0.2, 0.25) is 23.6 Å². The summed E-state index contributed by atoms with van der Waals surface area (Å²) in [5.74, 6) is -6.59. The van der Waals surface area contributed by atoms with Crippen molar-refractivity contribution in [3.05, 3.63) is 48.0 Å². The molecular weight excluding hydrogens is 530 g/mol. The van der Waals surface area contributed by atoms with Crippen molar-refractivity contribution in [2.24, 2.45) is 11.5 Å². The van der Waals surface area contributed by atoms with Gasteiger partial charge in [-0.1, -0.05) is 12.1 Å². The lowest BCUT2D eigenvalue weighted by molar-refractivity contribution is -0.143. The van der Waals surface area contributed by atoms with Crippen molar-refractivity contribution in [2.45, 2.75) is 56.3 Å². The Labute approximate surface area is 227 Å². The van der Waals surface area contributed by atoms with Crippen LogP contribution in [0.2, 0.25) is 0 Å². The lowest BCUT2D eigenvalue weighted by Crippen LogP contribution is -2.58. The van der Waals surface area contributed by atoms with Crippen LogP contribution >= 0.6 is 0 Å². The summed E-state index contributed by atoms with van der Waals surface area (Å²) in [5.41, 5.74) is 12.1. The number of hydrogen-bond donors (Lipinski definition) is 9. The number of primary amides is 1. The minimum Gasteiger partial charge on any atom is -0.508 e. The summed E-state index contributed by atoms with van der Waals surface area (Å²) < 4.78 is 0. The van der Waals surface area contributed by atoms with E-state index in [1.165, 1.54) is 36.8 Å². The first-order valence-electron chi connectivity index (χ1n) is 12.0. The number of nitrogens with two attached hydrogens (primary N) is 2. The van der Waals surface area contributed by atoms with Crippen LogP contribution in [0.4, 0.5) is 0 Å². The van der Waals surface area contributed by atoms with Crippen molar-refractivity contribution >= 4 is 35.6 Å². The van der Waals surface area contributed by atoms with Crippen LogP contribution in [0.1, 0.15) is 30.5 Å². The molecule has 0 saturated carbocycles. The minimum atomic E-state index is -1.56. The van der Waals surface area contributed by atoms with E-state index in [1.54, 1.807) is 0 Å². The Balaban J connectivity index is 2.15. The van der Waals surface area contributed by atoms with E-state index in [-0.39, 0.29) is 18.6 Å². The van der Waals surface area contributed by atoms with E-state index in [4.69, 9.17) is 16.6 Å². The maximum atomic E-state index is 13.0. The summed E-state index contributed by atoms with van der Waals surface area (Å²) in [5, 5.41) is 34.9. The number of imidazole rings is 1. The number of H-pyrrole nitrogens is 1. The zero-order chi connectivity index (χ0) is 29.8. The van der Waals surface area contributed by atoms with E-state index in [0.29, 0.717) is 11.3 Å². The monoisotopic (exact) mass is 561 g/mol. The highest BCUT2D eigenvalue weighted by molar-refractivity contribution is 5.96. The van der Waals surface area contributed by atoms with Crippen LogP contribution in [0.3, 0.4) is 0 Å². The van der Waals surface area contributed by atoms with Gasteiger partial charge >= 0.3 is 11.9 Å². The second-order valence-electron chi connectivity index (χ2n) is 8.88. The normalized spacial score (nSPS) is 13.7. The lowest BCUT2D eigenvalue weighted by Gasteiger charge is -2.24. The molecule has 16 heteroatoms. The first-order valence-corrected chi connectivity index (χ1v) is 12.0. The van der Waals surface area contributed by atoms with Gasteiger partial charge in [0, 0.05) is 31.2 Å². The molecule has 1 heterocycles. The second-order valence-corrected chi connectivity index (χ2v) is 8.88. The molecule has 4 atom stereocenters. The zero-order valence-electron chi connectivity index (χ0n) is 21.2. The van der Waals surface area contributed by atoms with Crippen molar-refractivity contribution in [1.29, 1.82) is 0 Å². The van der Waals surface area contributed by atoms with Crippen molar-refractivity contribution in [3.8, 4) is 5.75 Å². The molecule has 0 radical (unpaired) electrons. The molecule has 0 saturated heterocycles. The molecular formula is C24H31N7O9. The fraction of sp³-hybridized carbons (Fsp3) is 0.375. The molecule has 216 valence electrons. The number of carboxylic acids is 2. The summed E-state index contributed by atoms with van der Waals surface area (Å²) in [6.45, 7) is 0. The predicted octanol–water partition coefficient (Wildman–Crippen LogP) is -2.49. The molecule has 1 aromatic carbocycles. The van der Waals surface area contributed by atoms with Crippen LogP contribution < -0.4 is 27.4 Å². The summed E-state index contributed by atoms with van der Waals surface area (Å²) in [4.78, 5) is 79.6. The molecule has 0 aliphatic rings. The van der Waals surface area contributed by atoms with Gasteiger partial charge in [0.05, 0.1) is 18.8 Å². The molecule has 2 aromatic rings. The summed E-state index contributed by atoms with van der Waals surface area (Å²) in [6.07, 6.45) is 0.989. The Hall–Kier alpha value is -4.99. The Morgan fingerprint density at radius 3 is 2.02 bits per heavy atom. The number of rotatable bonds is 16. The lowest BCUT2D eigenvalue weighted by atomic mass is 10.0. The number of amides is 4. The Bertz CT molecular complexity index is 1200. The van der Waals surface area contributed by atoms with Gasteiger partial charge in [-0.05, 0) is 24.1 Å². The number of nitrogens with zero attached hydrogens (tertiary/aromatic N) is 1. The number of carbonyl (C=O) groups excluding carboxylic acids is 4. The van der Waals surface area contributed by atoms with E-state index in [2.05, 4.69) is 25.9 Å². The van der Waals surface area contributed by atoms with E-state index in [1.807, 2.05) is 0 Å². The van der Waals surface area contributed by atoms with Gasteiger partial charge in [0.1, 0.15) is 23.9 Å². The summed E-state index contributed by atoms with van der Waals surface area (Å²) >= 11 is 0. The number of aromatic hydroxyl groups is 1. The molecule has 0 spiro atoms. The number of nitrogens with one attached hydrogen (secondary N) is 4. The Morgan fingerprint density at radius 1 is 0.875 bits per heavy atom. The number of phenolic OH excluding ortho intramolecular Hbond substituents is 1. The molecule has 0 fully saturated rings. The standard InChI is InChI=1S/C24H31N7O9/c25-15(8-13-10-27-11-28-13)21(36)30-17(9-19(26)33)23(38)29-16(5-6-20(34)35)22(37)31-18(24(39)40)7-12-1-3-14(32)4-2-12/h1-4,10-11,15-18,32H,5-9,25H2,(H2,26,33)(H,27,28)(H,29,38)(H,30,36)(H,31,37)(H,34,35)(H,39,40). The quantitative estimate of drug-likeness (QED) is 0.103. The van der Waals surface area contributed by atoms with Gasteiger partial charge in [-0.25, -0.2) is 9.78 Å². The Morgan fingerprint density at radius 2 is 1.48 bits per heavy atom. The maximum absolute atomic E-state index is 13.0. The SMILES string of the molecule is NC(=O)CC(NC(=O)C(N)Cc1cnc[nH]1)C(=O)NC(CCC(=O)O)C(=O)NC(Cc1ccc(O)cc1)C(=O)O. The fourth-order valence-electron chi connectivity index (χ4n) is 3.56. The summed E-state index contributed by atoms with van der Waals surface area (Å²) in [7, 11) is 0. The fourth-order valence-corrected chi connectivity index (χ4v) is 3.56. The predicted molar refractivity (Wildman–Crippen MR) is 136 cm³/mol. The van der Waals surface area contributed by atoms with Crippen molar-refractivity contribution in [2.75, 3.05) is 0 Å². The number of carbonyl (C=O) groups is 6. The average Bonchev–Trinajstić information content (AvgIpc) is 3.39. The van der Waals surface area contributed by atoms with Gasteiger partial charge < -0.3 is 47.7 Å². The molecule has 0 aliphatic carbocycles. The van der Waals surface area contributed by atoms with E-state index >= 15 is 0 Å². The number of aliphatic carboxylic acids is 2. The van der Waals surface area contributed by atoms with Gasteiger partial charge in [-0.2, -0.15) is 0 Å². The average molecular weight is 562 g/mol. The van der Waals surface area contributed by atoms with Crippen molar-refractivity contribution in [1.82, 2.24) is 25.9 Å². The van der Waals surface area contributed by atoms with Gasteiger partial charge in [0.25, 0.3) is 0 Å². The zero-order valence-corrected chi connectivity index (χ0v) is 21.2. The number of carboxylic acid groups (broad SMARTS) is 2. The first kappa shape index (κ1) is 31.2. The van der Waals surface area contributed by atoms with Crippen LogP contribution in [0.25, 0.3) is 0 Å². The van der Waals surface area contributed by atoms with Crippen LogP contribution in [-0.4, -0.2) is 85.0 Å². The molecule has 2 rings (SSSR count). The van der Waals surface area contributed by atoms with Crippen LogP contribution in [0.15, 0.2) is 36.8 Å². The van der Waals surface area contributed by atoms with Crippen LogP contribution in [0, 0.1) is 0 Å². The van der Waals surface area contributed by atoms with Crippen LogP contribution in [-0.2, 0) is 41.6 Å². The maximum Gasteiger partial charge on any atom is 0.326 e. The van der Waals surface area contributed by atoms with E-state index in [9.17, 15) is 39.0 Å². The van der Waals surface area contributed by atoms with Gasteiger partial charge in [0.15, 0.2) is 0 Å². The number of hydrogen-bond acceptors (Lipinski definition) is 9. The molecule has 0 bridgehead atoms. The number of aromatic nitrogens is 2. The molecule has 40 heavy (non-hydrogen) atoms. The summed E-state index contributed by atoms with van der Waals surface area (Å²) in [6, 6.07) is -0.153. The molecule has 16 nitrogen and oxygen atoms in total. The second kappa shape index (κ2) is 14.8. The molecule has 0 aliphatic heterocycles. The first-order chi connectivity index (χ1) is 18.8. The van der Waals surface area contributed by atoms with Crippen molar-refractivity contribution < 1.29 is 44.1 Å². The highest BCUT2D eigenvalue weighted by atomic mass is 16.4. The third-order valence-corrected chi connectivity index (χ3v) is 5.64. The van der Waals surface area contributed by atoms with Crippen molar-refractivity contribution in [3.63, 3.8) is 0 Å². The Kier molecular flexibility index (Phi) is 11.6. The highest BCUT2D eigenvalue weighted by Crippen LogP contribution is 2.12. The van der Waals surface area contributed by atoms with Gasteiger partial charge in [-0.15, -0.1) is 0 Å². The molecule has 11 N–H and O–H groups in total. The third-order valence-electron chi connectivity index (χ3n) is 5.64. The topological polar surface area (TPSA) is 280 Å². The molecule has 1 aromatic heterocycles. The largest absolute Gasteiger partial charge is 0.508 e. The number of phenols is 1. The third kappa shape index (κ3) is 10.4. The number of aromatic amines is 1. The van der Waals surface area contributed by atoms with E-state index < -0.39 is 79.0 Å². The minimum absolute atomic E-state index is 0.0258.